The van der Waals surface area contributed by atoms with Crippen molar-refractivity contribution in [1.82, 2.24) is 5.32 Å². The summed E-state index contributed by atoms with van der Waals surface area (Å²) >= 11 is 0. The first-order chi connectivity index (χ1) is 5.88. The van der Waals surface area contributed by atoms with Crippen molar-refractivity contribution >= 4 is 0 Å². The fourth-order valence-corrected chi connectivity index (χ4v) is 1.66. The minimum atomic E-state index is 0.535. The summed E-state index contributed by atoms with van der Waals surface area (Å²) in [5.74, 6) is 0.547. The Morgan fingerprint density at radius 3 is 2.50 bits per heavy atom. The van der Waals surface area contributed by atoms with Crippen LogP contribution in [0.1, 0.15) is 18.4 Å². The van der Waals surface area contributed by atoms with Gasteiger partial charge in [-0.1, -0.05) is 36.4 Å². The average Bonchev–Trinajstić information content (AvgIpc) is 2.53. The lowest BCUT2D eigenvalue weighted by atomic mass is 9.95. The van der Waals surface area contributed by atoms with Gasteiger partial charge in [-0.3, -0.25) is 0 Å². The first-order valence-electron chi connectivity index (χ1n) is 4.35. The zero-order chi connectivity index (χ0) is 8.39. The van der Waals surface area contributed by atoms with Crippen molar-refractivity contribution in [2.75, 3.05) is 0 Å². The Bertz CT molecular complexity index is 276. The standard InChI is InChI=1S/C11H13N/c1-9-11(7-8-12-9)10-5-3-2-4-6-10/h2-9,11-12H,1H3. The van der Waals surface area contributed by atoms with Gasteiger partial charge in [0.25, 0.3) is 0 Å². The molecule has 0 spiro atoms. The van der Waals surface area contributed by atoms with Crippen molar-refractivity contribution < 1.29 is 0 Å². The van der Waals surface area contributed by atoms with Gasteiger partial charge >= 0.3 is 0 Å². The van der Waals surface area contributed by atoms with Crippen molar-refractivity contribution in [2.24, 2.45) is 0 Å². The molecule has 0 saturated carbocycles. The molecule has 1 aliphatic heterocycles. The maximum Gasteiger partial charge on any atom is 0.0331 e. The highest BCUT2D eigenvalue weighted by atomic mass is 14.9. The number of rotatable bonds is 1. The van der Waals surface area contributed by atoms with Gasteiger partial charge in [-0.05, 0) is 18.7 Å². The summed E-state index contributed by atoms with van der Waals surface area (Å²) in [6.45, 7) is 2.21. The number of hydrogen-bond donors (Lipinski definition) is 1. The summed E-state index contributed by atoms with van der Waals surface area (Å²) in [7, 11) is 0. The molecule has 1 heterocycles. The van der Waals surface area contributed by atoms with Gasteiger partial charge in [0.15, 0.2) is 0 Å². The molecule has 1 nitrogen and oxygen atoms in total. The molecule has 12 heavy (non-hydrogen) atoms. The van der Waals surface area contributed by atoms with Crippen LogP contribution in [0.25, 0.3) is 0 Å². The smallest absolute Gasteiger partial charge is 0.0331 e. The lowest BCUT2D eigenvalue weighted by Gasteiger charge is -2.14. The molecule has 2 unspecified atom stereocenters. The van der Waals surface area contributed by atoms with E-state index in [4.69, 9.17) is 0 Å². The van der Waals surface area contributed by atoms with Crippen LogP contribution in [0.3, 0.4) is 0 Å². The maximum absolute atomic E-state index is 3.29. The largest absolute Gasteiger partial charge is 0.388 e. The minimum absolute atomic E-state index is 0.535. The predicted octanol–water partition coefficient (Wildman–Crippen LogP) is 2.28. The van der Waals surface area contributed by atoms with E-state index >= 15 is 0 Å². The molecule has 2 rings (SSSR count). The Morgan fingerprint density at radius 2 is 1.92 bits per heavy atom. The van der Waals surface area contributed by atoms with Crippen LogP contribution in [0.5, 0.6) is 0 Å². The highest BCUT2D eigenvalue weighted by Gasteiger charge is 2.18. The fraction of sp³-hybridized carbons (Fsp3) is 0.273. The van der Waals surface area contributed by atoms with Crippen LogP contribution < -0.4 is 5.32 Å². The lowest BCUT2D eigenvalue weighted by molar-refractivity contribution is 0.621. The zero-order valence-electron chi connectivity index (χ0n) is 7.20. The first-order valence-corrected chi connectivity index (χ1v) is 4.35. The molecule has 0 radical (unpaired) electrons. The second-order valence-electron chi connectivity index (χ2n) is 3.25. The normalized spacial score (nSPS) is 27.1. The zero-order valence-corrected chi connectivity index (χ0v) is 7.20. The van der Waals surface area contributed by atoms with Crippen molar-refractivity contribution in [1.29, 1.82) is 0 Å². The van der Waals surface area contributed by atoms with E-state index in [-0.39, 0.29) is 0 Å². The number of hydrogen-bond acceptors (Lipinski definition) is 1. The Kier molecular flexibility index (Phi) is 1.86. The molecule has 0 bridgehead atoms. The fourth-order valence-electron chi connectivity index (χ4n) is 1.66. The molecule has 2 atom stereocenters. The summed E-state index contributed by atoms with van der Waals surface area (Å²) in [4.78, 5) is 0. The molecule has 1 aromatic carbocycles. The molecule has 0 saturated heterocycles. The van der Waals surface area contributed by atoms with Gasteiger partial charge in [-0.2, -0.15) is 0 Å². The van der Waals surface area contributed by atoms with Gasteiger partial charge in [0.05, 0.1) is 0 Å². The highest BCUT2D eigenvalue weighted by molar-refractivity contribution is 5.27. The van der Waals surface area contributed by atoms with E-state index in [1.165, 1.54) is 5.56 Å². The van der Waals surface area contributed by atoms with Gasteiger partial charge in [0, 0.05) is 12.0 Å². The van der Waals surface area contributed by atoms with Gasteiger partial charge in [0.2, 0.25) is 0 Å². The predicted molar refractivity (Wildman–Crippen MR) is 50.9 cm³/mol. The van der Waals surface area contributed by atoms with Crippen LogP contribution in [-0.2, 0) is 0 Å². The van der Waals surface area contributed by atoms with Crippen LogP contribution in [0, 0.1) is 0 Å². The van der Waals surface area contributed by atoms with E-state index in [0.29, 0.717) is 12.0 Å². The molecule has 1 heteroatoms. The van der Waals surface area contributed by atoms with Crippen LogP contribution in [0.2, 0.25) is 0 Å². The van der Waals surface area contributed by atoms with E-state index < -0.39 is 0 Å². The van der Waals surface area contributed by atoms with Crippen molar-refractivity contribution in [2.45, 2.75) is 18.9 Å². The molecule has 1 N–H and O–H groups in total. The third kappa shape index (κ3) is 1.22. The number of benzene rings is 1. The van der Waals surface area contributed by atoms with Gasteiger partial charge in [-0.25, -0.2) is 0 Å². The van der Waals surface area contributed by atoms with E-state index in [2.05, 4.69) is 48.6 Å². The summed E-state index contributed by atoms with van der Waals surface area (Å²) in [6, 6.07) is 11.1. The van der Waals surface area contributed by atoms with Gasteiger partial charge in [-0.15, -0.1) is 0 Å². The molecule has 1 aromatic rings. The second-order valence-corrected chi connectivity index (χ2v) is 3.25. The Hall–Kier alpha value is -1.24. The maximum atomic E-state index is 3.29. The Labute approximate surface area is 73.1 Å². The van der Waals surface area contributed by atoms with E-state index in [1.54, 1.807) is 0 Å². The molecule has 0 aromatic heterocycles. The summed E-state index contributed by atoms with van der Waals surface area (Å²) in [6.07, 6.45) is 4.27. The third-order valence-corrected chi connectivity index (χ3v) is 2.39. The van der Waals surface area contributed by atoms with E-state index in [9.17, 15) is 0 Å². The topological polar surface area (TPSA) is 12.0 Å². The molecule has 0 aliphatic carbocycles. The van der Waals surface area contributed by atoms with Crippen LogP contribution in [0.15, 0.2) is 42.6 Å². The van der Waals surface area contributed by atoms with Crippen molar-refractivity contribution in [3.05, 3.63) is 48.2 Å². The average molecular weight is 159 g/mol. The molecule has 62 valence electrons. The minimum Gasteiger partial charge on any atom is -0.388 e. The Morgan fingerprint density at radius 1 is 1.17 bits per heavy atom. The van der Waals surface area contributed by atoms with Crippen molar-refractivity contribution in [3.63, 3.8) is 0 Å². The summed E-state index contributed by atoms with van der Waals surface area (Å²) < 4.78 is 0. The second kappa shape index (κ2) is 3.02. The molecule has 1 aliphatic rings. The highest BCUT2D eigenvalue weighted by Crippen LogP contribution is 2.23. The van der Waals surface area contributed by atoms with Crippen LogP contribution >= 0.6 is 0 Å². The third-order valence-electron chi connectivity index (χ3n) is 2.39. The van der Waals surface area contributed by atoms with Gasteiger partial charge in [0.1, 0.15) is 0 Å². The monoisotopic (exact) mass is 159 g/mol. The van der Waals surface area contributed by atoms with Crippen molar-refractivity contribution in [3.8, 4) is 0 Å². The van der Waals surface area contributed by atoms with E-state index in [1.807, 2.05) is 6.20 Å². The number of nitrogens with one attached hydrogen (secondary N) is 1. The molecular formula is C11H13N. The van der Waals surface area contributed by atoms with E-state index in [0.717, 1.165) is 0 Å². The first kappa shape index (κ1) is 7.41. The SMILES string of the molecule is CC1NC=CC1c1ccccc1. The lowest BCUT2D eigenvalue weighted by Crippen LogP contribution is -2.20. The molecule has 0 amide bonds. The Balaban J connectivity index is 2.25. The van der Waals surface area contributed by atoms with Crippen LogP contribution in [0.4, 0.5) is 0 Å². The molecular weight excluding hydrogens is 146 g/mol. The summed E-state index contributed by atoms with van der Waals surface area (Å²) in [5, 5.41) is 3.29. The summed E-state index contributed by atoms with van der Waals surface area (Å²) in [5.41, 5.74) is 1.39. The quantitative estimate of drug-likeness (QED) is 0.663. The molecule has 0 fully saturated rings. The van der Waals surface area contributed by atoms with Crippen LogP contribution in [-0.4, -0.2) is 6.04 Å². The van der Waals surface area contributed by atoms with Gasteiger partial charge < -0.3 is 5.32 Å².